The van der Waals surface area contributed by atoms with E-state index in [1.165, 1.54) is 91.4 Å². The minimum atomic E-state index is -1.78. The van der Waals surface area contributed by atoms with Crippen molar-refractivity contribution >= 4 is 51.8 Å². The number of hydrogen-bond donors (Lipinski definition) is 2. The summed E-state index contributed by atoms with van der Waals surface area (Å²) in [5.41, 5.74) is 0.840. The van der Waals surface area contributed by atoms with Gasteiger partial charge in [-0.05, 0) is 103 Å². The molecule has 0 aliphatic rings. The summed E-state index contributed by atoms with van der Waals surface area (Å²) in [5.74, 6) is -2.49. The van der Waals surface area contributed by atoms with Crippen LogP contribution in [0.25, 0.3) is 0 Å². The van der Waals surface area contributed by atoms with Gasteiger partial charge in [-0.1, -0.05) is 0 Å². The molecule has 2 heterocycles. The summed E-state index contributed by atoms with van der Waals surface area (Å²) >= 11 is 1.12. The third kappa shape index (κ3) is 6.14. The molecule has 0 spiro atoms. The molecule has 0 saturated heterocycles. The second-order valence-electron chi connectivity index (χ2n) is 8.11. The van der Waals surface area contributed by atoms with Crippen molar-refractivity contribution in [1.29, 1.82) is 0 Å². The van der Waals surface area contributed by atoms with Crippen LogP contribution >= 0.6 is 11.9 Å². The first kappa shape index (κ1) is 26.9. The monoisotopic (exact) mass is 579 g/mol. The van der Waals surface area contributed by atoms with Crippen LogP contribution < -0.4 is 14.3 Å². The lowest BCUT2D eigenvalue weighted by atomic mass is 10.2. The molecule has 5 rings (SSSR count). The second kappa shape index (κ2) is 12.0. The Bertz CT molecular complexity index is 1600. The first-order chi connectivity index (χ1) is 19.4. The number of anilines is 3. The summed E-state index contributed by atoms with van der Waals surface area (Å²) in [7, 11) is -1.78. The molecule has 8 nitrogen and oxygen atoms in total. The largest absolute Gasteiger partial charge is 0.459 e. The zero-order chi connectivity index (χ0) is 28.1. The quantitative estimate of drug-likeness (QED) is 0.145. The van der Waals surface area contributed by atoms with Gasteiger partial charge in [-0.25, -0.2) is 17.9 Å². The van der Waals surface area contributed by atoms with Gasteiger partial charge in [0, 0.05) is 4.90 Å². The minimum absolute atomic E-state index is 0.0743. The van der Waals surface area contributed by atoms with Gasteiger partial charge in [-0.3, -0.25) is 14.3 Å². The number of hydrogen-bond acceptors (Lipinski definition) is 7. The predicted octanol–water partition coefficient (Wildman–Crippen LogP) is 6.89. The van der Waals surface area contributed by atoms with E-state index in [2.05, 4.69) is 9.44 Å². The van der Waals surface area contributed by atoms with Gasteiger partial charge in [-0.2, -0.15) is 0 Å². The molecule has 12 heteroatoms. The first-order valence-electron chi connectivity index (χ1n) is 11.6. The highest BCUT2D eigenvalue weighted by Crippen LogP contribution is 2.34. The number of imide groups is 1. The Morgan fingerprint density at radius 1 is 0.750 bits per heavy atom. The molecule has 3 aromatic carbocycles. The van der Waals surface area contributed by atoms with Gasteiger partial charge in [0.2, 0.25) is 0 Å². The third-order valence-corrected chi connectivity index (χ3v) is 7.39. The number of benzene rings is 3. The Hall–Kier alpha value is -4.68. The number of carbonyl (C=O) groups excluding carboxylic acids is 2. The van der Waals surface area contributed by atoms with Gasteiger partial charge in [0.15, 0.2) is 11.5 Å². The van der Waals surface area contributed by atoms with Crippen LogP contribution in [0.5, 0.6) is 0 Å². The van der Waals surface area contributed by atoms with Gasteiger partial charge in [-0.15, -0.1) is 0 Å². The minimum Gasteiger partial charge on any atom is -0.459 e. The molecule has 0 bridgehead atoms. The fourth-order valence-electron chi connectivity index (χ4n) is 3.53. The van der Waals surface area contributed by atoms with Crippen LogP contribution in [0, 0.1) is 11.6 Å². The Morgan fingerprint density at radius 3 is 1.88 bits per heavy atom. The summed E-state index contributed by atoms with van der Waals surface area (Å²) < 4.78 is 56.2. The van der Waals surface area contributed by atoms with Crippen LogP contribution in [-0.2, 0) is 11.0 Å². The van der Waals surface area contributed by atoms with Gasteiger partial charge < -0.3 is 13.6 Å². The van der Waals surface area contributed by atoms with Crippen molar-refractivity contribution in [2.24, 2.45) is 0 Å². The van der Waals surface area contributed by atoms with E-state index in [4.69, 9.17) is 8.83 Å². The number of nitrogens with one attached hydrogen (secondary N) is 2. The van der Waals surface area contributed by atoms with Crippen LogP contribution in [0.1, 0.15) is 21.1 Å². The number of nitrogens with zero attached hydrogens (tertiary/aromatic N) is 1. The molecule has 0 fully saturated rings. The molecular weight excluding hydrogens is 560 g/mol. The highest BCUT2D eigenvalue weighted by atomic mass is 32.2. The molecule has 0 saturated carbocycles. The fraction of sp³-hybridized carbons (Fsp3) is 0. The lowest BCUT2D eigenvalue weighted by molar-refractivity contribution is 0.0867. The van der Waals surface area contributed by atoms with Crippen LogP contribution in [0.3, 0.4) is 0 Å². The molecule has 1 unspecified atom stereocenters. The van der Waals surface area contributed by atoms with Crippen molar-refractivity contribution in [3.63, 3.8) is 0 Å². The zero-order valence-corrected chi connectivity index (χ0v) is 22.0. The molecule has 2 amide bonds. The Labute approximate surface area is 233 Å². The summed E-state index contributed by atoms with van der Waals surface area (Å²) in [6.45, 7) is 0. The van der Waals surface area contributed by atoms with Crippen molar-refractivity contribution in [3.8, 4) is 0 Å². The van der Waals surface area contributed by atoms with E-state index in [1.807, 2.05) is 0 Å². The second-order valence-corrected chi connectivity index (χ2v) is 10.2. The van der Waals surface area contributed by atoms with E-state index in [-0.39, 0.29) is 17.2 Å². The fourth-order valence-corrected chi connectivity index (χ4v) is 5.07. The lowest BCUT2D eigenvalue weighted by Crippen LogP contribution is -2.36. The maximum atomic E-state index is 13.4. The summed E-state index contributed by atoms with van der Waals surface area (Å²) in [5, 5.41) is 0. The molecule has 0 radical (unpaired) electrons. The maximum absolute atomic E-state index is 13.4. The van der Waals surface area contributed by atoms with Crippen LogP contribution in [0.2, 0.25) is 0 Å². The molecule has 202 valence electrons. The molecule has 0 aliphatic heterocycles. The van der Waals surface area contributed by atoms with Gasteiger partial charge >= 0.3 is 11.8 Å². The van der Waals surface area contributed by atoms with Crippen molar-refractivity contribution < 1.29 is 31.4 Å². The van der Waals surface area contributed by atoms with E-state index in [1.54, 1.807) is 12.1 Å². The van der Waals surface area contributed by atoms with E-state index in [0.717, 1.165) is 16.8 Å². The highest BCUT2D eigenvalue weighted by molar-refractivity contribution is 8.00. The maximum Gasteiger partial charge on any atom is 0.301 e. The van der Waals surface area contributed by atoms with E-state index in [0.29, 0.717) is 21.2 Å². The average molecular weight is 580 g/mol. The topological polar surface area (TPSA) is 105 Å². The van der Waals surface area contributed by atoms with Crippen LogP contribution in [0.15, 0.2) is 122 Å². The standard InChI is InChI=1S/C28H19F2N3O5S2/c29-18-5-10-21(11-6-18)39-31-24-17-20(9-14-23(24)32-40(36)22-12-7-19(30)8-13-22)33(27(34)25-3-1-15-37-25)28(35)26-4-2-16-38-26/h1-17,31-32H. The van der Waals surface area contributed by atoms with Gasteiger partial charge in [0.25, 0.3) is 0 Å². The summed E-state index contributed by atoms with van der Waals surface area (Å²) in [6.07, 6.45) is 2.62. The summed E-state index contributed by atoms with van der Waals surface area (Å²) in [4.78, 5) is 28.6. The molecule has 1 atom stereocenters. The number of carbonyl (C=O) groups is 2. The lowest BCUT2D eigenvalue weighted by Gasteiger charge is -2.21. The Balaban J connectivity index is 1.52. The van der Waals surface area contributed by atoms with Crippen LogP contribution in [0.4, 0.5) is 25.8 Å². The first-order valence-corrected chi connectivity index (χ1v) is 13.6. The smallest absolute Gasteiger partial charge is 0.301 e. The number of rotatable bonds is 9. The van der Waals surface area contributed by atoms with Crippen molar-refractivity contribution in [2.75, 3.05) is 14.3 Å². The van der Waals surface area contributed by atoms with Crippen LogP contribution in [-0.4, -0.2) is 16.0 Å². The molecule has 2 N–H and O–H groups in total. The Morgan fingerprint density at radius 2 is 1.32 bits per heavy atom. The summed E-state index contributed by atoms with van der Waals surface area (Å²) in [6, 6.07) is 21.3. The Kier molecular flexibility index (Phi) is 8.08. The third-order valence-electron chi connectivity index (χ3n) is 5.45. The van der Waals surface area contributed by atoms with Gasteiger partial charge in [0.1, 0.15) is 22.6 Å². The van der Waals surface area contributed by atoms with Crippen molar-refractivity contribution in [1.82, 2.24) is 0 Å². The predicted molar refractivity (Wildman–Crippen MR) is 147 cm³/mol. The van der Waals surface area contributed by atoms with Crippen molar-refractivity contribution in [3.05, 3.63) is 127 Å². The average Bonchev–Trinajstić information content (AvgIpc) is 3.69. The highest BCUT2D eigenvalue weighted by Gasteiger charge is 2.30. The normalized spacial score (nSPS) is 11.6. The number of furan rings is 2. The molecule has 40 heavy (non-hydrogen) atoms. The van der Waals surface area contributed by atoms with E-state index >= 15 is 0 Å². The van der Waals surface area contributed by atoms with Gasteiger partial charge in [0.05, 0.1) is 34.5 Å². The zero-order valence-electron chi connectivity index (χ0n) is 20.4. The van der Waals surface area contributed by atoms with Crippen molar-refractivity contribution in [2.45, 2.75) is 9.79 Å². The van der Waals surface area contributed by atoms with E-state index < -0.39 is 34.4 Å². The molecule has 0 aliphatic carbocycles. The molecule has 5 aromatic rings. The molecule has 2 aromatic heterocycles. The molecular formula is C28H19F2N3O5S2. The number of amides is 2. The SMILES string of the molecule is O=C(c1ccco1)N(C(=O)c1ccco1)c1ccc(NS(=O)c2ccc(F)cc2)c(NSc2ccc(F)cc2)c1. The number of halogens is 2. The van der Waals surface area contributed by atoms with E-state index in [9.17, 15) is 22.6 Å².